The summed E-state index contributed by atoms with van der Waals surface area (Å²) in [7, 11) is 0. The first kappa shape index (κ1) is 14.5. The van der Waals surface area contributed by atoms with E-state index in [-0.39, 0.29) is 0 Å². The fourth-order valence-corrected chi connectivity index (χ4v) is 2.03. The monoisotopic (exact) mass is 262 g/mol. The van der Waals surface area contributed by atoms with E-state index < -0.39 is 0 Å². The van der Waals surface area contributed by atoms with Gasteiger partial charge in [-0.1, -0.05) is 81.1 Å². The van der Waals surface area contributed by atoms with Gasteiger partial charge >= 0.3 is 0 Å². The van der Waals surface area contributed by atoms with Gasteiger partial charge < -0.3 is 0 Å². The molecule has 0 aliphatic rings. The molecule has 86 valence electrons. The van der Waals surface area contributed by atoms with Crippen molar-refractivity contribution in [3.8, 4) is 0 Å². The van der Waals surface area contributed by atoms with Crippen molar-refractivity contribution in [1.82, 2.24) is 0 Å². The summed E-state index contributed by atoms with van der Waals surface area (Å²) in [6.45, 7) is 4.61. The smallest absolute Gasteiger partial charge is 0.00570 e. The minimum atomic E-state index is 0.870. The minimum Gasteiger partial charge on any atom is -0.0925 e. The molecule has 1 heteroatoms. The molecule has 0 aliphatic heterocycles. The van der Waals surface area contributed by atoms with Crippen molar-refractivity contribution in [3.05, 3.63) is 0 Å². The van der Waals surface area contributed by atoms with Gasteiger partial charge in [-0.15, -0.1) is 0 Å². The van der Waals surface area contributed by atoms with E-state index in [1.54, 1.807) is 0 Å². The van der Waals surface area contributed by atoms with Crippen LogP contribution in [-0.2, 0) is 0 Å². The molecule has 0 aromatic rings. The van der Waals surface area contributed by atoms with Crippen LogP contribution in [0.15, 0.2) is 0 Å². The topological polar surface area (TPSA) is 0 Å². The highest BCUT2D eigenvalue weighted by atomic mass is 79.9. The van der Waals surface area contributed by atoms with Crippen molar-refractivity contribution < 1.29 is 0 Å². The van der Waals surface area contributed by atoms with E-state index in [0.29, 0.717) is 0 Å². The first-order chi connectivity index (χ1) is 6.81. The highest BCUT2D eigenvalue weighted by Crippen LogP contribution is 2.14. The molecule has 0 heterocycles. The Bertz CT molecular complexity index is 101. The maximum Gasteiger partial charge on any atom is 0.00570 e. The zero-order valence-corrected chi connectivity index (χ0v) is 11.6. The normalized spacial score (nSPS) is 13.1. The number of rotatable bonds is 10. The van der Waals surface area contributed by atoms with E-state index in [9.17, 15) is 0 Å². The van der Waals surface area contributed by atoms with Crippen LogP contribution < -0.4 is 0 Å². The fraction of sp³-hybridized carbons (Fsp3) is 1.00. The highest BCUT2D eigenvalue weighted by molar-refractivity contribution is 9.09. The van der Waals surface area contributed by atoms with E-state index in [2.05, 4.69) is 29.8 Å². The standard InChI is InChI=1S/C13H27Br/c1-3-4-5-6-7-8-9-10-11-13(2)12-14/h13H,3-12H2,1-2H3/t13-/m0/s1. The molecule has 0 unspecified atom stereocenters. The van der Waals surface area contributed by atoms with Crippen LogP contribution >= 0.6 is 15.9 Å². The van der Waals surface area contributed by atoms with Crippen LogP contribution in [0.4, 0.5) is 0 Å². The molecule has 0 aromatic heterocycles. The van der Waals surface area contributed by atoms with Gasteiger partial charge in [-0.25, -0.2) is 0 Å². The number of hydrogen-bond donors (Lipinski definition) is 0. The van der Waals surface area contributed by atoms with Crippen molar-refractivity contribution in [3.63, 3.8) is 0 Å². The van der Waals surface area contributed by atoms with Crippen molar-refractivity contribution in [1.29, 1.82) is 0 Å². The summed E-state index contributed by atoms with van der Waals surface area (Å²) in [5, 5.41) is 1.17. The average molecular weight is 263 g/mol. The minimum absolute atomic E-state index is 0.870. The van der Waals surface area contributed by atoms with Crippen LogP contribution in [0.1, 0.15) is 71.6 Å². The lowest BCUT2D eigenvalue weighted by molar-refractivity contribution is 0.514. The van der Waals surface area contributed by atoms with E-state index in [1.807, 2.05) is 0 Å². The van der Waals surface area contributed by atoms with Crippen LogP contribution in [0.3, 0.4) is 0 Å². The highest BCUT2D eigenvalue weighted by Gasteiger charge is 1.98. The molecule has 0 aromatic carbocycles. The summed E-state index contributed by atoms with van der Waals surface area (Å²) >= 11 is 3.53. The molecule has 0 aliphatic carbocycles. The molecule has 0 saturated carbocycles. The summed E-state index contributed by atoms with van der Waals surface area (Å²) in [4.78, 5) is 0. The van der Waals surface area contributed by atoms with Crippen molar-refractivity contribution >= 4 is 15.9 Å². The van der Waals surface area contributed by atoms with Gasteiger partial charge in [0.05, 0.1) is 0 Å². The average Bonchev–Trinajstić information content (AvgIpc) is 2.21. The third-order valence-corrected chi connectivity index (χ3v) is 3.92. The molecule has 0 spiro atoms. The summed E-state index contributed by atoms with van der Waals surface area (Å²) in [5.41, 5.74) is 0. The van der Waals surface area contributed by atoms with E-state index >= 15 is 0 Å². The first-order valence-corrected chi connectivity index (χ1v) is 7.49. The Morgan fingerprint density at radius 1 is 0.857 bits per heavy atom. The number of unbranched alkanes of at least 4 members (excludes halogenated alkanes) is 7. The van der Waals surface area contributed by atoms with Gasteiger partial charge in [0, 0.05) is 5.33 Å². The molecule has 0 rings (SSSR count). The summed E-state index contributed by atoms with van der Waals surface area (Å²) in [5.74, 6) is 0.870. The van der Waals surface area contributed by atoms with Crippen LogP contribution in [0.25, 0.3) is 0 Å². The number of halogens is 1. The zero-order chi connectivity index (χ0) is 10.6. The Hall–Kier alpha value is 0.480. The van der Waals surface area contributed by atoms with E-state index in [4.69, 9.17) is 0 Å². The fourth-order valence-electron chi connectivity index (χ4n) is 1.70. The van der Waals surface area contributed by atoms with Crippen LogP contribution in [0, 0.1) is 5.92 Å². The predicted octanol–water partition coefficient (Wildman–Crippen LogP) is 5.55. The maximum absolute atomic E-state index is 3.53. The molecule has 0 radical (unpaired) electrons. The molecular formula is C13H27Br. The Balaban J connectivity index is 2.92. The summed E-state index contributed by atoms with van der Waals surface area (Å²) in [6.07, 6.45) is 12.9. The van der Waals surface area contributed by atoms with E-state index in [0.717, 1.165) is 5.92 Å². The summed E-state index contributed by atoms with van der Waals surface area (Å²) in [6, 6.07) is 0. The van der Waals surface area contributed by atoms with Gasteiger partial charge in [-0.05, 0) is 12.3 Å². The van der Waals surface area contributed by atoms with Crippen LogP contribution in [-0.4, -0.2) is 5.33 Å². The van der Waals surface area contributed by atoms with Gasteiger partial charge in [0.2, 0.25) is 0 Å². The predicted molar refractivity (Wildman–Crippen MR) is 70.2 cm³/mol. The Morgan fingerprint density at radius 3 is 1.86 bits per heavy atom. The van der Waals surface area contributed by atoms with Crippen LogP contribution in [0.2, 0.25) is 0 Å². The largest absolute Gasteiger partial charge is 0.0925 e. The van der Waals surface area contributed by atoms with Gasteiger partial charge in [-0.2, -0.15) is 0 Å². The van der Waals surface area contributed by atoms with E-state index in [1.165, 1.54) is 63.1 Å². The lowest BCUT2D eigenvalue weighted by atomic mass is 10.0. The Labute approximate surface area is 99.0 Å². The van der Waals surface area contributed by atoms with Crippen molar-refractivity contribution in [2.24, 2.45) is 5.92 Å². The van der Waals surface area contributed by atoms with Gasteiger partial charge in [0.1, 0.15) is 0 Å². The van der Waals surface area contributed by atoms with Gasteiger partial charge in [0.25, 0.3) is 0 Å². The van der Waals surface area contributed by atoms with Crippen molar-refractivity contribution in [2.45, 2.75) is 71.6 Å². The second kappa shape index (κ2) is 11.6. The van der Waals surface area contributed by atoms with Gasteiger partial charge in [-0.3, -0.25) is 0 Å². The molecular weight excluding hydrogens is 236 g/mol. The second-order valence-electron chi connectivity index (χ2n) is 4.52. The van der Waals surface area contributed by atoms with Crippen molar-refractivity contribution in [2.75, 3.05) is 5.33 Å². The lowest BCUT2D eigenvalue weighted by Crippen LogP contribution is -1.94. The number of hydrogen-bond acceptors (Lipinski definition) is 0. The Kier molecular flexibility index (Phi) is 12.0. The summed E-state index contributed by atoms with van der Waals surface area (Å²) < 4.78 is 0. The second-order valence-corrected chi connectivity index (χ2v) is 5.17. The third kappa shape index (κ3) is 10.6. The molecule has 0 saturated heterocycles. The molecule has 1 atom stereocenters. The zero-order valence-electron chi connectivity index (χ0n) is 10.0. The maximum atomic E-state index is 3.53. The Morgan fingerprint density at radius 2 is 1.36 bits per heavy atom. The third-order valence-electron chi connectivity index (χ3n) is 2.81. The first-order valence-electron chi connectivity index (χ1n) is 6.37. The molecule has 0 N–H and O–H groups in total. The SMILES string of the molecule is CCCCCCCCCC[C@H](C)CBr. The quantitative estimate of drug-likeness (QED) is 0.358. The lowest BCUT2D eigenvalue weighted by Gasteiger charge is -2.06. The molecule has 0 fully saturated rings. The molecule has 14 heavy (non-hydrogen) atoms. The van der Waals surface area contributed by atoms with Crippen LogP contribution in [0.5, 0.6) is 0 Å². The number of alkyl halides is 1. The molecule has 0 amide bonds. The van der Waals surface area contributed by atoms with Gasteiger partial charge in [0.15, 0.2) is 0 Å². The molecule has 0 nitrogen and oxygen atoms in total. The molecule has 0 bridgehead atoms.